The molecule has 3 aromatic rings. The average molecular weight is 462 g/mol. The van der Waals surface area contributed by atoms with Gasteiger partial charge in [0.05, 0.1) is 4.70 Å². The Morgan fingerprint density at radius 3 is 2.69 bits per heavy atom. The van der Waals surface area contributed by atoms with Crippen molar-refractivity contribution in [3.63, 3.8) is 0 Å². The second kappa shape index (κ2) is 7.95. The van der Waals surface area contributed by atoms with Crippen molar-refractivity contribution in [1.82, 2.24) is 9.10 Å². The van der Waals surface area contributed by atoms with Crippen LogP contribution in [-0.2, 0) is 10.0 Å². The Bertz CT molecular complexity index is 1020. The average Bonchev–Trinajstić information content (AvgIpc) is 2.96. The van der Waals surface area contributed by atoms with Crippen LogP contribution < -0.4 is 10.0 Å². The van der Waals surface area contributed by atoms with Crippen LogP contribution in [0.3, 0.4) is 0 Å². The summed E-state index contributed by atoms with van der Waals surface area (Å²) < 4.78 is 58.9. The lowest BCUT2D eigenvalue weighted by Gasteiger charge is -2.10. The zero-order valence-corrected chi connectivity index (χ0v) is 16.5. The van der Waals surface area contributed by atoms with Crippen LogP contribution in [0, 0.1) is 11.6 Å². The molecular weight excluding hydrogens is 448 g/mol. The predicted molar refractivity (Wildman–Crippen MR) is 102 cm³/mol. The molecule has 10 heteroatoms. The van der Waals surface area contributed by atoms with Gasteiger partial charge in [0.15, 0.2) is 0 Å². The van der Waals surface area contributed by atoms with Crippen molar-refractivity contribution < 1.29 is 17.2 Å². The van der Waals surface area contributed by atoms with Crippen molar-refractivity contribution >= 4 is 53.4 Å². The minimum Gasteiger partial charge on any atom is -0.369 e. The van der Waals surface area contributed by atoms with E-state index in [4.69, 9.17) is 0 Å². The summed E-state index contributed by atoms with van der Waals surface area (Å²) >= 11 is 4.27. The summed E-state index contributed by atoms with van der Waals surface area (Å²) in [6, 6.07) is 9.23. The minimum absolute atomic E-state index is 0.0979. The number of hydrogen-bond acceptors (Lipinski definition) is 5. The van der Waals surface area contributed by atoms with Crippen LogP contribution in [0.2, 0.25) is 0 Å². The van der Waals surface area contributed by atoms with Gasteiger partial charge in [0, 0.05) is 29.0 Å². The maximum absolute atomic E-state index is 13.8. The maximum Gasteiger partial charge on any atom is 0.244 e. The van der Waals surface area contributed by atoms with Crippen molar-refractivity contribution in [2.24, 2.45) is 0 Å². The molecule has 0 aliphatic rings. The fraction of sp³-hybridized carbons (Fsp3) is 0.188. The molecule has 0 aliphatic carbocycles. The Morgan fingerprint density at radius 1 is 1.15 bits per heavy atom. The number of benzene rings is 2. The maximum atomic E-state index is 13.8. The third kappa shape index (κ3) is 4.20. The van der Waals surface area contributed by atoms with Crippen LogP contribution in [0.5, 0.6) is 0 Å². The number of nitrogens with one attached hydrogen (secondary N) is 2. The number of halogens is 3. The van der Waals surface area contributed by atoms with Gasteiger partial charge in [-0.2, -0.15) is 4.37 Å². The van der Waals surface area contributed by atoms with Crippen molar-refractivity contribution in [3.05, 3.63) is 52.5 Å². The van der Waals surface area contributed by atoms with E-state index in [-0.39, 0.29) is 11.0 Å². The molecule has 138 valence electrons. The molecule has 0 saturated carbocycles. The van der Waals surface area contributed by atoms with E-state index in [0.717, 1.165) is 22.0 Å². The Kier molecular flexibility index (Phi) is 5.86. The van der Waals surface area contributed by atoms with Gasteiger partial charge < -0.3 is 5.32 Å². The third-order valence-electron chi connectivity index (χ3n) is 3.55. The third-order valence-corrected chi connectivity index (χ3v) is 6.80. The van der Waals surface area contributed by atoms with Gasteiger partial charge in [-0.3, -0.25) is 0 Å². The molecule has 0 atom stereocenters. The smallest absolute Gasteiger partial charge is 0.244 e. The molecule has 26 heavy (non-hydrogen) atoms. The van der Waals surface area contributed by atoms with E-state index in [2.05, 4.69) is 30.3 Å². The molecule has 0 unspecified atom stereocenters. The molecule has 1 heterocycles. The molecule has 0 spiro atoms. The first kappa shape index (κ1) is 19.2. The van der Waals surface area contributed by atoms with Crippen molar-refractivity contribution in [2.45, 2.75) is 11.3 Å². The molecule has 2 N–H and O–H groups in total. The first-order chi connectivity index (χ1) is 12.4. The van der Waals surface area contributed by atoms with Crippen LogP contribution in [-0.4, -0.2) is 25.9 Å². The molecule has 5 nitrogen and oxygen atoms in total. The normalized spacial score (nSPS) is 11.8. The predicted octanol–water partition coefficient (Wildman–Crippen LogP) is 4.12. The van der Waals surface area contributed by atoms with Gasteiger partial charge in [-0.25, -0.2) is 21.9 Å². The Hall–Kier alpha value is -1.62. The Morgan fingerprint density at radius 2 is 1.92 bits per heavy atom. The topological polar surface area (TPSA) is 71.1 Å². The number of hydrogen-bond donors (Lipinski definition) is 2. The van der Waals surface area contributed by atoms with E-state index >= 15 is 0 Å². The molecule has 0 radical (unpaired) electrons. The number of anilines is 1. The van der Waals surface area contributed by atoms with E-state index in [1.807, 2.05) is 24.3 Å². The van der Waals surface area contributed by atoms with E-state index in [9.17, 15) is 17.2 Å². The van der Waals surface area contributed by atoms with Gasteiger partial charge in [0.2, 0.25) is 10.0 Å². The van der Waals surface area contributed by atoms with Gasteiger partial charge in [0.25, 0.3) is 0 Å². The fourth-order valence-electron chi connectivity index (χ4n) is 2.37. The summed E-state index contributed by atoms with van der Waals surface area (Å²) in [6.45, 7) is 0.587. The fourth-order valence-corrected chi connectivity index (χ4v) is 5.36. The van der Waals surface area contributed by atoms with Gasteiger partial charge in [-0.1, -0.05) is 12.1 Å². The summed E-state index contributed by atoms with van der Waals surface area (Å²) in [5.74, 6) is -1.25. The van der Waals surface area contributed by atoms with Crippen molar-refractivity contribution in [3.8, 4) is 0 Å². The highest BCUT2D eigenvalue weighted by Crippen LogP contribution is 2.27. The summed E-state index contributed by atoms with van der Waals surface area (Å²) in [6.07, 6.45) is 0.464. The van der Waals surface area contributed by atoms with Gasteiger partial charge in [-0.05, 0) is 52.1 Å². The van der Waals surface area contributed by atoms with Crippen LogP contribution >= 0.6 is 27.5 Å². The number of sulfonamides is 1. The zero-order chi connectivity index (χ0) is 18.7. The van der Waals surface area contributed by atoms with Gasteiger partial charge in [-0.15, -0.1) is 0 Å². The number of nitrogens with zero attached hydrogens (tertiary/aromatic N) is 1. The summed E-state index contributed by atoms with van der Waals surface area (Å²) in [5.41, 5.74) is 0. The molecule has 0 bridgehead atoms. The molecule has 0 aliphatic heterocycles. The van der Waals surface area contributed by atoms with Gasteiger partial charge >= 0.3 is 0 Å². The molecular formula is C16H14BrF2N3O2S2. The van der Waals surface area contributed by atoms with Crippen LogP contribution in [0.4, 0.5) is 14.6 Å². The first-order valence-corrected chi connectivity index (χ1v) is 10.7. The van der Waals surface area contributed by atoms with Crippen LogP contribution in [0.1, 0.15) is 6.42 Å². The highest BCUT2D eigenvalue weighted by molar-refractivity contribution is 9.10. The molecule has 0 saturated heterocycles. The molecule has 0 amide bonds. The van der Waals surface area contributed by atoms with Crippen LogP contribution in [0.15, 0.2) is 45.8 Å². The molecule has 3 rings (SSSR count). The number of rotatable bonds is 7. The quantitative estimate of drug-likeness (QED) is 0.519. The lowest BCUT2D eigenvalue weighted by molar-refractivity contribution is 0.540. The molecule has 2 aromatic carbocycles. The summed E-state index contributed by atoms with van der Waals surface area (Å²) in [5, 5.41) is 4.17. The van der Waals surface area contributed by atoms with Gasteiger partial charge in [0.1, 0.15) is 22.3 Å². The lowest BCUT2D eigenvalue weighted by atomic mass is 10.2. The van der Waals surface area contributed by atoms with E-state index < -0.39 is 26.6 Å². The van der Waals surface area contributed by atoms with E-state index in [0.29, 0.717) is 19.0 Å². The Labute approximate surface area is 161 Å². The summed E-state index contributed by atoms with van der Waals surface area (Å²) in [7, 11) is -4.09. The molecule has 1 aromatic heterocycles. The highest BCUT2D eigenvalue weighted by atomic mass is 79.9. The van der Waals surface area contributed by atoms with E-state index in [1.165, 1.54) is 11.5 Å². The standard InChI is InChI=1S/C16H14BrF2N3O2S2/c17-12-8-10(18)9-13(19)15(12)26(23,24)21-7-3-6-20-16-11-4-1-2-5-14(11)25-22-16/h1-2,4-5,8-9,21H,3,6-7H2,(H,20,22). The Balaban J connectivity index is 1.56. The van der Waals surface area contributed by atoms with Crippen molar-refractivity contribution in [2.75, 3.05) is 18.4 Å². The number of fused-ring (bicyclic) bond motifs is 1. The van der Waals surface area contributed by atoms with Crippen LogP contribution in [0.25, 0.3) is 10.1 Å². The monoisotopic (exact) mass is 461 g/mol. The SMILES string of the molecule is O=S(=O)(NCCCNc1nsc2ccccc12)c1c(F)cc(F)cc1Br. The second-order valence-electron chi connectivity index (χ2n) is 5.40. The number of aromatic nitrogens is 1. The second-order valence-corrected chi connectivity index (χ2v) is 8.77. The van der Waals surface area contributed by atoms with Crippen molar-refractivity contribution in [1.29, 1.82) is 0 Å². The minimum atomic E-state index is -4.09. The van der Waals surface area contributed by atoms with E-state index in [1.54, 1.807) is 0 Å². The largest absolute Gasteiger partial charge is 0.369 e. The molecule has 0 fully saturated rings. The summed E-state index contributed by atoms with van der Waals surface area (Å²) in [4.78, 5) is -0.600. The lowest BCUT2D eigenvalue weighted by Crippen LogP contribution is -2.27. The highest BCUT2D eigenvalue weighted by Gasteiger charge is 2.23. The first-order valence-electron chi connectivity index (χ1n) is 7.61. The zero-order valence-electron chi connectivity index (χ0n) is 13.3.